The molecule has 1 heterocycles. The van der Waals surface area contributed by atoms with E-state index in [1.807, 2.05) is 13.0 Å². The predicted octanol–water partition coefficient (Wildman–Crippen LogP) is 2.22. The normalized spacial score (nSPS) is 12.4. The van der Waals surface area contributed by atoms with Crippen LogP contribution in [0, 0.1) is 6.92 Å². The minimum Gasteiger partial charge on any atom is -0.325 e. The molecule has 2 aromatic rings. The van der Waals surface area contributed by atoms with Crippen LogP contribution in [-0.2, 0) is 19.4 Å². The molecule has 1 aromatic heterocycles. The number of nitrogens with zero attached hydrogens (tertiary/aromatic N) is 1. The lowest BCUT2D eigenvalue weighted by molar-refractivity contribution is -0.115. The van der Waals surface area contributed by atoms with Crippen LogP contribution in [0.25, 0.3) is 0 Å². The van der Waals surface area contributed by atoms with Crippen molar-refractivity contribution in [2.75, 3.05) is 16.4 Å². The number of rotatable bonds is 7. The lowest BCUT2D eigenvalue weighted by Gasteiger charge is -2.15. The maximum Gasteiger partial charge on any atom is 0.244 e. The molecule has 1 atom stereocenters. The van der Waals surface area contributed by atoms with Crippen molar-refractivity contribution >= 4 is 43.8 Å². The number of carbonyl (C=O) groups excluding carboxylic acids is 2. The standard InChI is InChI=1S/C16H19N3O4S2/c1-3-13(15(21)19-16-17-7-8-24-16)25(22,23)10-14(20)18-12-6-4-5-11(2)9-12/h4-9,13H,3,10H2,1-2H3,(H,18,20)(H,17,19,21). The average molecular weight is 381 g/mol. The number of benzene rings is 1. The molecule has 1 aromatic carbocycles. The first-order chi connectivity index (χ1) is 11.8. The van der Waals surface area contributed by atoms with E-state index in [0.29, 0.717) is 10.8 Å². The summed E-state index contributed by atoms with van der Waals surface area (Å²) < 4.78 is 24.9. The van der Waals surface area contributed by atoms with E-state index in [9.17, 15) is 18.0 Å². The van der Waals surface area contributed by atoms with Crippen molar-refractivity contribution in [2.45, 2.75) is 25.5 Å². The summed E-state index contributed by atoms with van der Waals surface area (Å²) in [6.45, 7) is 3.45. The van der Waals surface area contributed by atoms with Crippen LogP contribution in [0.2, 0.25) is 0 Å². The minimum atomic E-state index is -3.95. The molecule has 9 heteroatoms. The number of sulfone groups is 1. The highest BCUT2D eigenvalue weighted by molar-refractivity contribution is 7.93. The predicted molar refractivity (Wildman–Crippen MR) is 98.4 cm³/mol. The van der Waals surface area contributed by atoms with Crippen LogP contribution in [0.15, 0.2) is 35.8 Å². The summed E-state index contributed by atoms with van der Waals surface area (Å²) in [5.41, 5.74) is 1.45. The van der Waals surface area contributed by atoms with Gasteiger partial charge in [0, 0.05) is 17.3 Å². The lowest BCUT2D eigenvalue weighted by atomic mass is 10.2. The Balaban J connectivity index is 2.04. The van der Waals surface area contributed by atoms with E-state index in [-0.39, 0.29) is 6.42 Å². The molecule has 0 spiro atoms. The van der Waals surface area contributed by atoms with E-state index in [1.165, 1.54) is 17.5 Å². The monoisotopic (exact) mass is 381 g/mol. The van der Waals surface area contributed by atoms with Gasteiger partial charge in [-0.25, -0.2) is 13.4 Å². The first-order valence-electron chi connectivity index (χ1n) is 7.60. The molecule has 2 N–H and O–H groups in total. The van der Waals surface area contributed by atoms with E-state index in [1.54, 1.807) is 30.5 Å². The van der Waals surface area contributed by atoms with E-state index >= 15 is 0 Å². The van der Waals surface area contributed by atoms with Crippen molar-refractivity contribution < 1.29 is 18.0 Å². The lowest BCUT2D eigenvalue weighted by Crippen LogP contribution is -2.39. The maximum absolute atomic E-state index is 12.5. The third kappa shape index (κ3) is 5.36. The van der Waals surface area contributed by atoms with Crippen LogP contribution < -0.4 is 10.6 Å². The number of nitrogens with one attached hydrogen (secondary N) is 2. The van der Waals surface area contributed by atoms with Crippen molar-refractivity contribution in [1.29, 1.82) is 0 Å². The number of aromatic nitrogens is 1. The van der Waals surface area contributed by atoms with Crippen LogP contribution in [0.1, 0.15) is 18.9 Å². The number of hydrogen-bond donors (Lipinski definition) is 2. The zero-order chi connectivity index (χ0) is 18.4. The number of hydrogen-bond acceptors (Lipinski definition) is 6. The smallest absolute Gasteiger partial charge is 0.244 e. The summed E-state index contributed by atoms with van der Waals surface area (Å²) in [6, 6.07) is 7.03. The molecule has 2 rings (SSSR count). The number of amides is 2. The summed E-state index contributed by atoms with van der Waals surface area (Å²) in [5.74, 6) is -2.11. The highest BCUT2D eigenvalue weighted by Gasteiger charge is 2.33. The molecular weight excluding hydrogens is 362 g/mol. The topological polar surface area (TPSA) is 105 Å². The van der Waals surface area contributed by atoms with Gasteiger partial charge >= 0.3 is 0 Å². The quantitative estimate of drug-likeness (QED) is 0.765. The fourth-order valence-corrected chi connectivity index (χ4v) is 4.34. The van der Waals surface area contributed by atoms with Gasteiger partial charge in [0.1, 0.15) is 11.0 Å². The van der Waals surface area contributed by atoms with E-state index in [4.69, 9.17) is 0 Å². The Kier molecular flexibility index (Phi) is 6.27. The van der Waals surface area contributed by atoms with Gasteiger partial charge in [-0.15, -0.1) is 11.3 Å². The first kappa shape index (κ1) is 19.1. The van der Waals surface area contributed by atoms with Crippen LogP contribution in [0.4, 0.5) is 10.8 Å². The molecular formula is C16H19N3O4S2. The van der Waals surface area contributed by atoms with Crippen molar-refractivity contribution in [3.8, 4) is 0 Å². The molecule has 134 valence electrons. The fourth-order valence-electron chi connectivity index (χ4n) is 2.28. The molecule has 0 aliphatic carbocycles. The zero-order valence-corrected chi connectivity index (χ0v) is 15.5. The molecule has 0 radical (unpaired) electrons. The summed E-state index contributed by atoms with van der Waals surface area (Å²) in [5, 5.41) is 5.69. The summed E-state index contributed by atoms with van der Waals surface area (Å²) in [7, 11) is -3.95. The van der Waals surface area contributed by atoms with Crippen molar-refractivity contribution in [3.63, 3.8) is 0 Å². The van der Waals surface area contributed by atoms with E-state index in [0.717, 1.165) is 5.56 Å². The molecule has 0 saturated carbocycles. The number of aryl methyl sites for hydroxylation is 1. The summed E-state index contributed by atoms with van der Waals surface area (Å²) >= 11 is 1.19. The second kappa shape index (κ2) is 8.21. The Morgan fingerprint density at radius 2 is 2.04 bits per heavy atom. The first-order valence-corrected chi connectivity index (χ1v) is 10.2. The highest BCUT2D eigenvalue weighted by atomic mass is 32.2. The Morgan fingerprint density at radius 1 is 1.28 bits per heavy atom. The fraction of sp³-hybridized carbons (Fsp3) is 0.312. The van der Waals surface area contributed by atoms with E-state index in [2.05, 4.69) is 15.6 Å². The van der Waals surface area contributed by atoms with Crippen molar-refractivity contribution in [1.82, 2.24) is 4.98 Å². The van der Waals surface area contributed by atoms with Crippen LogP contribution in [-0.4, -0.2) is 36.2 Å². The molecule has 25 heavy (non-hydrogen) atoms. The van der Waals surface area contributed by atoms with E-state index < -0.39 is 32.7 Å². The van der Waals surface area contributed by atoms with Gasteiger partial charge in [0.05, 0.1) is 0 Å². The second-order valence-corrected chi connectivity index (χ2v) is 8.53. The van der Waals surface area contributed by atoms with Gasteiger partial charge in [-0.1, -0.05) is 19.1 Å². The van der Waals surface area contributed by atoms with Gasteiger partial charge in [0.2, 0.25) is 11.8 Å². The molecule has 0 bridgehead atoms. The third-order valence-corrected chi connectivity index (χ3v) is 6.16. The SMILES string of the molecule is CCC(C(=O)Nc1nccs1)S(=O)(=O)CC(=O)Nc1cccc(C)c1. The minimum absolute atomic E-state index is 0.0667. The van der Waals surface area contributed by atoms with Crippen molar-refractivity contribution in [3.05, 3.63) is 41.4 Å². The average Bonchev–Trinajstić information content (AvgIpc) is 2.99. The second-order valence-electron chi connectivity index (χ2n) is 5.45. The zero-order valence-electron chi connectivity index (χ0n) is 13.9. The molecule has 1 unspecified atom stereocenters. The molecule has 7 nitrogen and oxygen atoms in total. The van der Waals surface area contributed by atoms with Gasteiger partial charge in [-0.2, -0.15) is 0 Å². The van der Waals surface area contributed by atoms with Gasteiger partial charge in [-0.05, 0) is 31.0 Å². The van der Waals surface area contributed by atoms with Crippen LogP contribution >= 0.6 is 11.3 Å². The Hall–Kier alpha value is -2.26. The maximum atomic E-state index is 12.5. The summed E-state index contributed by atoms with van der Waals surface area (Å²) in [6.07, 6.45) is 1.57. The molecule has 2 amide bonds. The van der Waals surface area contributed by atoms with Crippen LogP contribution in [0.3, 0.4) is 0 Å². The highest BCUT2D eigenvalue weighted by Crippen LogP contribution is 2.15. The Morgan fingerprint density at radius 3 is 2.64 bits per heavy atom. The molecule has 0 fully saturated rings. The number of carbonyl (C=O) groups is 2. The van der Waals surface area contributed by atoms with Crippen molar-refractivity contribution in [2.24, 2.45) is 0 Å². The van der Waals surface area contributed by atoms with Gasteiger partial charge in [0.25, 0.3) is 0 Å². The summed E-state index contributed by atoms with van der Waals surface area (Å²) in [4.78, 5) is 28.2. The molecule has 0 saturated heterocycles. The molecule has 0 aliphatic heterocycles. The number of thiazole rings is 1. The van der Waals surface area contributed by atoms with Gasteiger partial charge in [0.15, 0.2) is 15.0 Å². The Bertz CT molecular complexity index is 848. The Labute approximate surface area is 150 Å². The van der Waals surface area contributed by atoms with Crippen LogP contribution in [0.5, 0.6) is 0 Å². The number of anilines is 2. The largest absolute Gasteiger partial charge is 0.325 e. The third-order valence-electron chi connectivity index (χ3n) is 3.39. The van der Waals surface area contributed by atoms with Gasteiger partial charge in [-0.3, -0.25) is 9.59 Å². The molecule has 0 aliphatic rings. The van der Waals surface area contributed by atoms with Gasteiger partial charge < -0.3 is 10.6 Å².